The zero-order valence-corrected chi connectivity index (χ0v) is 14.4. The predicted molar refractivity (Wildman–Crippen MR) is 82.9 cm³/mol. The van der Waals surface area contributed by atoms with Gasteiger partial charge in [-0.2, -0.15) is 0 Å². The molecule has 0 saturated carbocycles. The van der Waals surface area contributed by atoms with Gasteiger partial charge in [-0.1, -0.05) is 20.8 Å². The smallest absolute Gasteiger partial charge is 0.303 e. The molecule has 0 aromatic carbocycles. The van der Waals surface area contributed by atoms with Gasteiger partial charge in [0.25, 0.3) is 0 Å². The number of aliphatic hydroxyl groups is 1. The number of carbonyl (C=O) groups excluding carboxylic acids is 1. The van der Waals surface area contributed by atoms with Crippen LogP contribution in [0.25, 0.3) is 0 Å². The molecule has 0 heterocycles. The molecular formula is C13H28O4SSi. The largest absolute Gasteiger partial charge is 0.449 e. The summed E-state index contributed by atoms with van der Waals surface area (Å²) in [5, 5.41) is 9.05. The Morgan fingerprint density at radius 2 is 1.84 bits per heavy atom. The first-order valence-electron chi connectivity index (χ1n) is 7.07. The van der Waals surface area contributed by atoms with E-state index in [-0.39, 0.29) is 12.6 Å². The highest BCUT2D eigenvalue weighted by Crippen LogP contribution is 2.22. The number of carbonyl (C=O) groups is 1. The van der Waals surface area contributed by atoms with Crippen molar-refractivity contribution in [1.29, 1.82) is 0 Å². The Kier molecular flexibility index (Phi) is 10.7. The molecule has 0 aliphatic carbocycles. The minimum Gasteiger partial charge on any atom is -0.449 e. The molecule has 4 nitrogen and oxygen atoms in total. The number of ether oxygens (including phenoxy) is 1. The topological polar surface area (TPSA) is 55.8 Å². The number of esters is 1. The molecule has 0 radical (unpaired) electrons. The minimum absolute atomic E-state index is 0.136. The lowest BCUT2D eigenvalue weighted by Crippen LogP contribution is -2.36. The van der Waals surface area contributed by atoms with Gasteiger partial charge in [0.1, 0.15) is 0 Å². The molecule has 6 heteroatoms. The van der Waals surface area contributed by atoms with Crippen molar-refractivity contribution >= 4 is 26.0 Å². The molecule has 0 bridgehead atoms. The summed E-state index contributed by atoms with van der Waals surface area (Å²) in [6, 6.07) is 3.50. The summed E-state index contributed by atoms with van der Waals surface area (Å²) in [6.07, 6.45) is 0.928. The second-order valence-corrected chi connectivity index (χ2v) is 10.6. The second-order valence-electron chi connectivity index (χ2n) is 4.54. The fourth-order valence-corrected chi connectivity index (χ4v) is 5.47. The van der Waals surface area contributed by atoms with Gasteiger partial charge in [0.15, 0.2) is 13.8 Å². The summed E-state index contributed by atoms with van der Waals surface area (Å²) in [4.78, 5) is 10.8. The molecule has 0 aromatic heterocycles. The van der Waals surface area contributed by atoms with E-state index in [0.717, 1.165) is 18.8 Å². The lowest BCUT2D eigenvalue weighted by Gasteiger charge is -2.28. The summed E-state index contributed by atoms with van der Waals surface area (Å²) in [5.74, 6) is 0.484. The Morgan fingerprint density at radius 3 is 2.26 bits per heavy atom. The third kappa shape index (κ3) is 7.97. The first-order chi connectivity index (χ1) is 9.03. The van der Waals surface area contributed by atoms with E-state index in [2.05, 4.69) is 20.8 Å². The monoisotopic (exact) mass is 308 g/mol. The molecule has 1 atom stereocenters. The molecule has 0 spiro atoms. The highest BCUT2D eigenvalue weighted by molar-refractivity contribution is 7.99. The molecule has 0 aliphatic rings. The van der Waals surface area contributed by atoms with Crippen LogP contribution in [-0.2, 0) is 14.0 Å². The van der Waals surface area contributed by atoms with Gasteiger partial charge >= 0.3 is 5.97 Å². The minimum atomic E-state index is -1.47. The van der Waals surface area contributed by atoms with Gasteiger partial charge < -0.3 is 14.3 Å². The van der Waals surface area contributed by atoms with E-state index in [1.165, 1.54) is 36.8 Å². The fourth-order valence-electron chi connectivity index (χ4n) is 1.93. The highest BCUT2D eigenvalue weighted by Gasteiger charge is 2.28. The summed E-state index contributed by atoms with van der Waals surface area (Å²) in [7, 11) is -1.47. The Labute approximate surface area is 122 Å². The van der Waals surface area contributed by atoms with Gasteiger partial charge in [-0.05, 0) is 30.3 Å². The van der Waals surface area contributed by atoms with E-state index in [1.807, 2.05) is 0 Å². The van der Waals surface area contributed by atoms with E-state index in [0.29, 0.717) is 0 Å². The molecule has 0 aliphatic heterocycles. The molecule has 0 unspecified atom stereocenters. The first kappa shape index (κ1) is 19.0. The number of aliphatic hydroxyl groups excluding tert-OH is 1. The Bertz CT molecular complexity index is 239. The van der Waals surface area contributed by atoms with Crippen molar-refractivity contribution in [2.45, 2.75) is 57.7 Å². The van der Waals surface area contributed by atoms with Crippen LogP contribution in [0.2, 0.25) is 18.1 Å². The van der Waals surface area contributed by atoms with Crippen molar-refractivity contribution < 1.29 is 19.1 Å². The molecule has 0 fully saturated rings. The van der Waals surface area contributed by atoms with Crippen molar-refractivity contribution in [2.24, 2.45) is 0 Å². The van der Waals surface area contributed by atoms with Crippen LogP contribution < -0.4 is 0 Å². The van der Waals surface area contributed by atoms with Crippen LogP contribution in [0.4, 0.5) is 0 Å². The summed E-state index contributed by atoms with van der Waals surface area (Å²) < 4.78 is 11.1. The van der Waals surface area contributed by atoms with Crippen LogP contribution in [-0.4, -0.2) is 43.8 Å². The van der Waals surface area contributed by atoms with Crippen LogP contribution in [0, 0.1) is 0 Å². The van der Waals surface area contributed by atoms with Crippen LogP contribution >= 0.6 is 11.8 Å². The fraction of sp³-hybridized carbons (Fsp3) is 0.923. The molecule has 1 N–H and O–H groups in total. The van der Waals surface area contributed by atoms with E-state index < -0.39 is 13.8 Å². The van der Waals surface area contributed by atoms with Gasteiger partial charge in [0.2, 0.25) is 0 Å². The standard InChI is InChI=1S/C13H28O4SSi/c1-5-19(6-2,7-3)16-9-8-10-18-13(11-14)17-12(4)15/h13-14H,5-11H2,1-4H3/t13-/m0/s1. The summed E-state index contributed by atoms with van der Waals surface area (Å²) in [6.45, 7) is 8.65. The maximum atomic E-state index is 10.8. The van der Waals surface area contributed by atoms with Gasteiger partial charge in [-0.15, -0.1) is 11.8 Å². The van der Waals surface area contributed by atoms with Gasteiger partial charge in [0.05, 0.1) is 6.61 Å². The third-order valence-electron chi connectivity index (χ3n) is 3.38. The first-order valence-corrected chi connectivity index (χ1v) is 10.6. The Morgan fingerprint density at radius 1 is 1.26 bits per heavy atom. The van der Waals surface area contributed by atoms with Gasteiger partial charge in [-0.3, -0.25) is 4.79 Å². The number of rotatable bonds is 11. The van der Waals surface area contributed by atoms with E-state index in [4.69, 9.17) is 14.3 Å². The van der Waals surface area contributed by atoms with Crippen molar-refractivity contribution in [3.8, 4) is 0 Å². The molecular weight excluding hydrogens is 280 g/mol. The predicted octanol–water partition coefficient (Wildman–Crippen LogP) is 3.01. The van der Waals surface area contributed by atoms with E-state index in [9.17, 15) is 4.79 Å². The van der Waals surface area contributed by atoms with Crippen molar-refractivity contribution in [2.75, 3.05) is 19.0 Å². The van der Waals surface area contributed by atoms with Crippen LogP contribution in [0.15, 0.2) is 0 Å². The SMILES string of the molecule is CC[Si](CC)(CC)OCCCS[C@@H](CO)OC(C)=O. The Hall–Kier alpha value is -0.0431. The van der Waals surface area contributed by atoms with Crippen LogP contribution in [0.3, 0.4) is 0 Å². The van der Waals surface area contributed by atoms with Gasteiger partial charge in [0, 0.05) is 13.5 Å². The van der Waals surface area contributed by atoms with Gasteiger partial charge in [-0.25, -0.2) is 0 Å². The molecule has 0 saturated heterocycles. The van der Waals surface area contributed by atoms with E-state index >= 15 is 0 Å². The Balaban J connectivity index is 3.82. The maximum Gasteiger partial charge on any atom is 0.303 e. The van der Waals surface area contributed by atoms with E-state index in [1.54, 1.807) is 0 Å². The van der Waals surface area contributed by atoms with Crippen molar-refractivity contribution in [1.82, 2.24) is 0 Å². The summed E-state index contributed by atoms with van der Waals surface area (Å²) in [5.41, 5.74) is -0.442. The van der Waals surface area contributed by atoms with Crippen LogP contribution in [0.1, 0.15) is 34.1 Å². The third-order valence-corrected chi connectivity index (χ3v) is 9.20. The zero-order valence-electron chi connectivity index (χ0n) is 12.6. The lowest BCUT2D eigenvalue weighted by molar-refractivity contribution is -0.143. The number of hydrogen-bond acceptors (Lipinski definition) is 5. The second kappa shape index (κ2) is 10.7. The quantitative estimate of drug-likeness (QED) is 0.275. The molecule has 0 aromatic rings. The highest BCUT2D eigenvalue weighted by atomic mass is 32.2. The number of hydrogen-bond donors (Lipinski definition) is 1. The lowest BCUT2D eigenvalue weighted by atomic mass is 10.5. The molecule has 0 rings (SSSR count). The normalized spacial score (nSPS) is 13.3. The molecule has 114 valence electrons. The average Bonchev–Trinajstić information content (AvgIpc) is 2.41. The molecule has 19 heavy (non-hydrogen) atoms. The maximum absolute atomic E-state index is 10.8. The van der Waals surface area contributed by atoms with Crippen LogP contribution in [0.5, 0.6) is 0 Å². The number of thioether (sulfide) groups is 1. The summed E-state index contributed by atoms with van der Waals surface area (Å²) >= 11 is 1.47. The van der Waals surface area contributed by atoms with Crippen molar-refractivity contribution in [3.63, 3.8) is 0 Å². The van der Waals surface area contributed by atoms with Crippen molar-refractivity contribution in [3.05, 3.63) is 0 Å². The average molecular weight is 309 g/mol. The zero-order chi connectivity index (χ0) is 14.7. The molecule has 0 amide bonds.